The number of ether oxygens (including phenoxy) is 2. The Hall–Kier alpha value is -1.23. The van der Waals surface area contributed by atoms with Crippen LogP contribution in [0.15, 0.2) is 24.3 Å². The Bertz CT molecular complexity index is 566. The van der Waals surface area contributed by atoms with Gasteiger partial charge in [0, 0.05) is 0 Å². The highest BCUT2D eigenvalue weighted by Crippen LogP contribution is 2.63. The molecule has 0 aromatic heterocycles. The molecule has 0 N–H and O–H groups in total. The number of methoxy groups -OCH3 is 1. The fraction of sp³-hybridized carbons (Fsp3) is 0.684. The molecule has 0 radical (unpaired) electrons. The van der Waals surface area contributed by atoms with Gasteiger partial charge in [0.2, 0.25) is 0 Å². The van der Waals surface area contributed by atoms with Crippen LogP contribution in [0.1, 0.15) is 37.7 Å². The van der Waals surface area contributed by atoms with Gasteiger partial charge in [-0.2, -0.15) is 13.2 Å². The summed E-state index contributed by atoms with van der Waals surface area (Å²) in [7, 11) is 1.59. The van der Waals surface area contributed by atoms with Gasteiger partial charge in [-0.25, -0.2) is 0 Å². The van der Waals surface area contributed by atoms with E-state index in [1.165, 1.54) is 6.42 Å². The molecule has 4 saturated carbocycles. The maximum absolute atomic E-state index is 12.9. The predicted octanol–water partition coefficient (Wildman–Crippen LogP) is 4.93. The van der Waals surface area contributed by atoms with Crippen molar-refractivity contribution in [1.29, 1.82) is 0 Å². The summed E-state index contributed by atoms with van der Waals surface area (Å²) in [5, 5.41) is 0. The Morgan fingerprint density at radius 3 is 1.96 bits per heavy atom. The molecule has 5 heteroatoms. The highest BCUT2D eigenvalue weighted by atomic mass is 19.4. The van der Waals surface area contributed by atoms with Crippen LogP contribution < -0.4 is 4.74 Å². The van der Waals surface area contributed by atoms with Crippen LogP contribution in [0, 0.1) is 23.7 Å². The number of benzene rings is 1. The van der Waals surface area contributed by atoms with Gasteiger partial charge in [-0.05, 0) is 73.5 Å². The fourth-order valence-electron chi connectivity index (χ4n) is 5.73. The molecule has 0 heterocycles. The summed E-state index contributed by atoms with van der Waals surface area (Å²) in [5.74, 6) is 2.46. The average molecular weight is 340 g/mol. The highest BCUT2D eigenvalue weighted by molar-refractivity contribution is 5.34. The van der Waals surface area contributed by atoms with Crippen LogP contribution in [0.5, 0.6) is 5.75 Å². The molecule has 0 unspecified atom stereocenters. The van der Waals surface area contributed by atoms with Crippen molar-refractivity contribution in [2.45, 2.75) is 43.9 Å². The summed E-state index contributed by atoms with van der Waals surface area (Å²) >= 11 is 0. The molecule has 24 heavy (non-hydrogen) atoms. The Morgan fingerprint density at radius 1 is 0.958 bits per heavy atom. The van der Waals surface area contributed by atoms with Crippen LogP contribution in [0.25, 0.3) is 0 Å². The number of rotatable bonds is 4. The van der Waals surface area contributed by atoms with Crippen LogP contribution in [0.4, 0.5) is 13.2 Å². The van der Waals surface area contributed by atoms with Gasteiger partial charge in [0.1, 0.15) is 12.4 Å². The standard InChI is InChI=1S/C19H23F3O2/c1-23-17-4-2-14(3-5-17)19(24-11-18(20,21)22)15-7-12-6-13(9-15)10-16(19)8-12/h2-5,12-13,15-16H,6-11H2,1H3. The minimum absolute atomic E-state index is 0.199. The molecular weight excluding hydrogens is 317 g/mol. The van der Waals surface area contributed by atoms with Gasteiger partial charge in [0.05, 0.1) is 12.7 Å². The largest absolute Gasteiger partial charge is 0.497 e. The molecule has 4 fully saturated rings. The van der Waals surface area contributed by atoms with E-state index >= 15 is 0 Å². The first-order chi connectivity index (χ1) is 11.4. The summed E-state index contributed by atoms with van der Waals surface area (Å²) in [6, 6.07) is 7.47. The second kappa shape index (κ2) is 5.65. The Morgan fingerprint density at radius 2 is 1.50 bits per heavy atom. The van der Waals surface area contributed by atoms with Gasteiger partial charge >= 0.3 is 6.18 Å². The van der Waals surface area contributed by atoms with E-state index in [9.17, 15) is 13.2 Å². The van der Waals surface area contributed by atoms with E-state index in [0.717, 1.165) is 31.2 Å². The van der Waals surface area contributed by atoms with E-state index < -0.39 is 18.4 Å². The lowest BCUT2D eigenvalue weighted by molar-refractivity contribution is -0.264. The summed E-state index contributed by atoms with van der Waals surface area (Å²) in [6.45, 7) is -1.17. The minimum atomic E-state index is -4.30. The zero-order valence-electron chi connectivity index (χ0n) is 13.8. The van der Waals surface area contributed by atoms with Crippen LogP contribution in [-0.4, -0.2) is 19.9 Å². The maximum Gasteiger partial charge on any atom is 0.411 e. The normalized spacial score (nSPS) is 37.7. The second-order valence-electron chi connectivity index (χ2n) is 7.73. The monoisotopic (exact) mass is 340 g/mol. The summed E-state index contributed by atoms with van der Waals surface area (Å²) in [5.41, 5.74) is 0.108. The van der Waals surface area contributed by atoms with Crippen molar-refractivity contribution >= 4 is 0 Å². The highest BCUT2D eigenvalue weighted by Gasteiger charge is 2.59. The lowest BCUT2D eigenvalue weighted by Gasteiger charge is -2.61. The molecular formula is C19H23F3O2. The molecule has 0 aliphatic heterocycles. The summed E-state index contributed by atoms with van der Waals surface area (Å²) < 4.78 is 49.8. The van der Waals surface area contributed by atoms with Crippen molar-refractivity contribution in [3.05, 3.63) is 29.8 Å². The third kappa shape index (κ3) is 2.61. The zero-order chi connectivity index (χ0) is 16.9. The van der Waals surface area contributed by atoms with Crippen LogP contribution in [0.3, 0.4) is 0 Å². The van der Waals surface area contributed by atoms with Crippen LogP contribution >= 0.6 is 0 Å². The predicted molar refractivity (Wildman–Crippen MR) is 83.7 cm³/mol. The van der Waals surface area contributed by atoms with E-state index in [0.29, 0.717) is 17.6 Å². The van der Waals surface area contributed by atoms with Gasteiger partial charge in [0.25, 0.3) is 0 Å². The molecule has 0 saturated heterocycles. The lowest BCUT2D eigenvalue weighted by Crippen LogP contribution is -2.57. The minimum Gasteiger partial charge on any atom is -0.497 e. The maximum atomic E-state index is 12.9. The molecule has 2 nitrogen and oxygen atoms in total. The SMILES string of the molecule is COc1ccc(C2(OCC(F)(F)F)C3CC4CC(C3)CC2C4)cc1. The summed E-state index contributed by atoms with van der Waals surface area (Å²) in [6.07, 6.45) is 0.945. The van der Waals surface area contributed by atoms with Crippen molar-refractivity contribution in [3.8, 4) is 5.75 Å². The Labute approximate surface area is 140 Å². The van der Waals surface area contributed by atoms with Crippen LogP contribution in [-0.2, 0) is 10.3 Å². The molecule has 5 rings (SSSR count). The van der Waals surface area contributed by atoms with Crippen molar-refractivity contribution < 1.29 is 22.6 Å². The quantitative estimate of drug-likeness (QED) is 0.774. The van der Waals surface area contributed by atoms with Crippen LogP contribution in [0.2, 0.25) is 0 Å². The molecule has 4 bridgehead atoms. The van der Waals surface area contributed by atoms with Gasteiger partial charge in [0.15, 0.2) is 0 Å². The molecule has 132 valence electrons. The van der Waals surface area contributed by atoms with Crippen molar-refractivity contribution in [2.24, 2.45) is 23.7 Å². The van der Waals surface area contributed by atoms with E-state index in [4.69, 9.17) is 9.47 Å². The molecule has 4 aliphatic rings. The molecule has 1 aromatic rings. The molecule has 1 aromatic carbocycles. The van der Waals surface area contributed by atoms with Crippen molar-refractivity contribution in [1.82, 2.24) is 0 Å². The van der Waals surface area contributed by atoms with Gasteiger partial charge in [-0.15, -0.1) is 0 Å². The number of hydrogen-bond acceptors (Lipinski definition) is 2. The average Bonchev–Trinajstić information content (AvgIpc) is 2.53. The second-order valence-corrected chi connectivity index (χ2v) is 7.73. The number of halogens is 3. The molecule has 4 aliphatic carbocycles. The number of alkyl halides is 3. The third-order valence-corrected chi connectivity index (χ3v) is 6.37. The van der Waals surface area contributed by atoms with Gasteiger partial charge in [-0.3, -0.25) is 0 Å². The Balaban J connectivity index is 1.72. The van der Waals surface area contributed by atoms with E-state index in [-0.39, 0.29) is 11.8 Å². The molecule has 0 amide bonds. The fourth-order valence-corrected chi connectivity index (χ4v) is 5.73. The topological polar surface area (TPSA) is 18.5 Å². The van der Waals surface area contributed by atoms with E-state index in [2.05, 4.69) is 0 Å². The molecule has 0 atom stereocenters. The van der Waals surface area contributed by atoms with Crippen molar-refractivity contribution in [3.63, 3.8) is 0 Å². The van der Waals surface area contributed by atoms with Crippen molar-refractivity contribution in [2.75, 3.05) is 13.7 Å². The van der Waals surface area contributed by atoms with Gasteiger partial charge in [-0.1, -0.05) is 12.1 Å². The first kappa shape index (κ1) is 16.2. The first-order valence-corrected chi connectivity index (χ1v) is 8.76. The molecule has 0 spiro atoms. The summed E-state index contributed by atoms with van der Waals surface area (Å²) in [4.78, 5) is 0. The van der Waals surface area contributed by atoms with E-state index in [1.54, 1.807) is 7.11 Å². The third-order valence-electron chi connectivity index (χ3n) is 6.37. The smallest absolute Gasteiger partial charge is 0.411 e. The lowest BCUT2D eigenvalue weighted by atomic mass is 9.48. The van der Waals surface area contributed by atoms with E-state index in [1.807, 2.05) is 24.3 Å². The van der Waals surface area contributed by atoms with Gasteiger partial charge < -0.3 is 9.47 Å². The number of hydrogen-bond donors (Lipinski definition) is 0. The zero-order valence-corrected chi connectivity index (χ0v) is 13.8. The first-order valence-electron chi connectivity index (χ1n) is 8.76. The Kier molecular flexibility index (Phi) is 3.83.